The first-order valence-electron chi connectivity index (χ1n) is 9.77. The summed E-state index contributed by atoms with van der Waals surface area (Å²) in [4.78, 5) is 12.4. The van der Waals surface area contributed by atoms with Gasteiger partial charge in [0.05, 0.1) is 31.1 Å². The van der Waals surface area contributed by atoms with Crippen LogP contribution in [0.5, 0.6) is 5.75 Å². The average molecular weight is 472 g/mol. The van der Waals surface area contributed by atoms with E-state index in [4.69, 9.17) is 9.72 Å². The number of halogens is 1. The summed E-state index contributed by atoms with van der Waals surface area (Å²) in [6.45, 7) is 12.6. The predicted octanol–water partition coefficient (Wildman–Crippen LogP) is 6.15. The molecular formula is C21H26BrN5OSi. The summed E-state index contributed by atoms with van der Waals surface area (Å²) >= 11 is 3.47. The van der Waals surface area contributed by atoms with Gasteiger partial charge in [0, 0.05) is 16.7 Å². The molecule has 4 aromatic rings. The van der Waals surface area contributed by atoms with Gasteiger partial charge in [-0.1, -0.05) is 33.9 Å². The molecule has 3 heterocycles. The van der Waals surface area contributed by atoms with Gasteiger partial charge in [-0.05, 0) is 45.2 Å². The summed E-state index contributed by atoms with van der Waals surface area (Å²) in [5, 5.41) is 8.60. The molecule has 0 aliphatic heterocycles. The second kappa shape index (κ2) is 7.25. The van der Waals surface area contributed by atoms with E-state index in [-0.39, 0.29) is 0 Å². The fraction of sp³-hybridized carbons (Fsp3) is 0.381. The molecule has 29 heavy (non-hydrogen) atoms. The highest BCUT2D eigenvalue weighted by atomic mass is 79.9. The molecule has 0 bridgehead atoms. The second-order valence-electron chi connectivity index (χ2n) is 9.12. The Morgan fingerprint density at radius 2 is 1.97 bits per heavy atom. The molecule has 2 N–H and O–H groups in total. The topological polar surface area (TPSA) is 79.5 Å². The van der Waals surface area contributed by atoms with E-state index in [1.807, 2.05) is 24.3 Å². The van der Waals surface area contributed by atoms with Gasteiger partial charge >= 0.3 is 0 Å². The minimum absolute atomic E-state index is 0.370. The Morgan fingerprint density at radius 1 is 1.17 bits per heavy atom. The van der Waals surface area contributed by atoms with E-state index in [0.717, 1.165) is 50.8 Å². The summed E-state index contributed by atoms with van der Waals surface area (Å²) in [5.41, 5.74) is 3.32. The van der Waals surface area contributed by atoms with Gasteiger partial charge < -0.3 is 9.72 Å². The number of ether oxygens (including phenoxy) is 1. The lowest BCUT2D eigenvalue weighted by molar-refractivity contribution is 0.337. The molecule has 0 radical (unpaired) electrons. The fourth-order valence-corrected chi connectivity index (χ4v) is 4.74. The van der Waals surface area contributed by atoms with E-state index < -0.39 is 8.07 Å². The van der Waals surface area contributed by atoms with Crippen molar-refractivity contribution in [3.63, 3.8) is 0 Å². The van der Waals surface area contributed by atoms with E-state index in [0.29, 0.717) is 10.7 Å². The number of hydrogen-bond acceptors (Lipinski definition) is 4. The van der Waals surface area contributed by atoms with Crippen LogP contribution in [0.25, 0.3) is 33.6 Å². The molecule has 0 spiro atoms. The van der Waals surface area contributed by atoms with Crippen molar-refractivity contribution < 1.29 is 4.74 Å². The zero-order valence-corrected chi connectivity index (χ0v) is 20.0. The number of fused-ring (bicyclic) bond motifs is 2. The van der Waals surface area contributed by atoms with Gasteiger partial charge in [0.2, 0.25) is 0 Å². The fourth-order valence-electron chi connectivity index (χ4n) is 3.05. The maximum atomic E-state index is 6.08. The van der Waals surface area contributed by atoms with Crippen molar-refractivity contribution >= 4 is 46.1 Å². The van der Waals surface area contributed by atoms with E-state index >= 15 is 0 Å². The summed E-state index contributed by atoms with van der Waals surface area (Å²) < 4.78 is 6.99. The van der Waals surface area contributed by atoms with Crippen LogP contribution < -0.4 is 4.74 Å². The third kappa shape index (κ3) is 3.96. The molecule has 0 atom stereocenters. The zero-order chi connectivity index (χ0) is 20.8. The Kier molecular flexibility index (Phi) is 5.02. The van der Waals surface area contributed by atoms with Gasteiger partial charge in [0.15, 0.2) is 11.5 Å². The van der Waals surface area contributed by atoms with Crippen molar-refractivity contribution in [1.29, 1.82) is 0 Å². The van der Waals surface area contributed by atoms with Crippen molar-refractivity contribution in [3.05, 3.63) is 34.9 Å². The van der Waals surface area contributed by atoms with Crippen molar-refractivity contribution in [3.8, 4) is 17.3 Å². The van der Waals surface area contributed by atoms with E-state index in [1.165, 1.54) is 0 Å². The van der Waals surface area contributed by atoms with Crippen LogP contribution in [0.1, 0.15) is 20.8 Å². The van der Waals surface area contributed by atoms with Crippen LogP contribution in [-0.2, 0) is 0 Å². The number of hydrogen-bond donors (Lipinski definition) is 2. The third-order valence-corrected chi connectivity index (χ3v) is 12.0. The Hall–Kier alpha value is -2.19. The summed E-state index contributed by atoms with van der Waals surface area (Å²) in [6.07, 6.45) is 1.74. The molecule has 0 unspecified atom stereocenters. The molecule has 152 valence electrons. The molecule has 0 fully saturated rings. The number of rotatable bonds is 5. The Morgan fingerprint density at radius 3 is 2.72 bits per heavy atom. The molecule has 3 aromatic heterocycles. The molecule has 0 saturated carbocycles. The van der Waals surface area contributed by atoms with Crippen molar-refractivity contribution in [1.82, 2.24) is 25.1 Å². The van der Waals surface area contributed by atoms with Gasteiger partial charge in [0.25, 0.3) is 0 Å². The van der Waals surface area contributed by atoms with Gasteiger partial charge in [0.1, 0.15) is 11.4 Å². The quantitative estimate of drug-likeness (QED) is 0.342. The second-order valence-corrected chi connectivity index (χ2v) is 15.8. The SMILES string of the molecule is CC(C)(C)[Si](C)(C)CCOc1ccc2nc(-c3[nH]nc4ncc(Br)cc34)[nH]c2c1. The monoisotopic (exact) mass is 471 g/mol. The zero-order valence-electron chi connectivity index (χ0n) is 17.4. The highest BCUT2D eigenvalue weighted by molar-refractivity contribution is 9.10. The summed E-state index contributed by atoms with van der Waals surface area (Å²) in [7, 11) is -1.34. The van der Waals surface area contributed by atoms with Crippen LogP contribution in [-0.4, -0.2) is 39.8 Å². The molecule has 6 nitrogen and oxygen atoms in total. The first-order chi connectivity index (χ1) is 13.6. The minimum atomic E-state index is -1.34. The number of H-pyrrole nitrogens is 2. The number of nitrogens with zero attached hydrogens (tertiary/aromatic N) is 3. The number of nitrogens with one attached hydrogen (secondary N) is 2. The average Bonchev–Trinajstić information content (AvgIpc) is 3.23. The van der Waals surface area contributed by atoms with E-state index in [9.17, 15) is 0 Å². The van der Waals surface area contributed by atoms with Crippen molar-refractivity contribution in [2.75, 3.05) is 6.61 Å². The molecule has 0 aliphatic rings. The Bertz CT molecular complexity index is 1170. The minimum Gasteiger partial charge on any atom is -0.494 e. The lowest BCUT2D eigenvalue weighted by Crippen LogP contribution is -2.38. The van der Waals surface area contributed by atoms with Crippen molar-refractivity contribution in [2.24, 2.45) is 0 Å². The van der Waals surface area contributed by atoms with E-state index in [1.54, 1.807) is 6.20 Å². The standard InChI is InChI=1S/C21H26BrN5OSi/c1-21(2,3)29(4,5)9-8-28-14-6-7-16-17(11-14)25-20(24-16)18-15-10-13(22)12-23-19(15)27-26-18/h6-7,10-12H,8-9H2,1-5H3,(H,24,25)(H,23,26,27). The Labute approximate surface area is 179 Å². The highest BCUT2D eigenvalue weighted by Gasteiger charge is 2.34. The van der Waals surface area contributed by atoms with Crippen LogP contribution >= 0.6 is 15.9 Å². The maximum Gasteiger partial charge on any atom is 0.181 e. The molecular weight excluding hydrogens is 446 g/mol. The smallest absolute Gasteiger partial charge is 0.181 e. The lowest BCUT2D eigenvalue weighted by Gasteiger charge is -2.36. The molecule has 4 rings (SSSR count). The first kappa shape index (κ1) is 20.1. The number of imidazole rings is 1. The highest BCUT2D eigenvalue weighted by Crippen LogP contribution is 2.38. The normalized spacial score (nSPS) is 12.8. The summed E-state index contributed by atoms with van der Waals surface area (Å²) in [5.74, 6) is 1.60. The van der Waals surface area contributed by atoms with E-state index in [2.05, 4.69) is 70.0 Å². The molecule has 0 aliphatic carbocycles. The van der Waals surface area contributed by atoms with Crippen LogP contribution in [0, 0.1) is 0 Å². The lowest BCUT2D eigenvalue weighted by atomic mass is 10.2. The summed E-state index contributed by atoms with van der Waals surface area (Å²) in [6, 6.07) is 9.12. The molecule has 1 aromatic carbocycles. The molecule has 8 heteroatoms. The molecule has 0 amide bonds. The van der Waals surface area contributed by atoms with Crippen LogP contribution in [0.3, 0.4) is 0 Å². The predicted molar refractivity (Wildman–Crippen MR) is 124 cm³/mol. The number of pyridine rings is 1. The van der Waals surface area contributed by atoms with Gasteiger partial charge in [-0.3, -0.25) is 5.10 Å². The first-order valence-corrected chi connectivity index (χ1v) is 13.8. The van der Waals surface area contributed by atoms with Gasteiger partial charge in [-0.25, -0.2) is 9.97 Å². The Balaban J connectivity index is 1.56. The van der Waals surface area contributed by atoms with Crippen LogP contribution in [0.4, 0.5) is 0 Å². The number of aromatic nitrogens is 5. The maximum absolute atomic E-state index is 6.08. The largest absolute Gasteiger partial charge is 0.494 e. The number of aromatic amines is 2. The molecule has 0 saturated heterocycles. The van der Waals surface area contributed by atoms with Crippen LogP contribution in [0.15, 0.2) is 34.9 Å². The van der Waals surface area contributed by atoms with Crippen molar-refractivity contribution in [2.45, 2.75) is 44.9 Å². The third-order valence-electron chi connectivity index (χ3n) is 6.09. The number of benzene rings is 1. The van der Waals surface area contributed by atoms with Crippen LogP contribution in [0.2, 0.25) is 24.2 Å². The van der Waals surface area contributed by atoms with Gasteiger partial charge in [-0.2, -0.15) is 5.10 Å². The van der Waals surface area contributed by atoms with Gasteiger partial charge in [-0.15, -0.1) is 0 Å².